The van der Waals surface area contributed by atoms with Crippen molar-refractivity contribution in [3.8, 4) is 5.75 Å². The van der Waals surface area contributed by atoms with Gasteiger partial charge in [-0.1, -0.05) is 41.4 Å². The van der Waals surface area contributed by atoms with Gasteiger partial charge in [-0.2, -0.15) is 0 Å². The Hall–Kier alpha value is -3.03. The predicted molar refractivity (Wildman–Crippen MR) is 128 cm³/mol. The number of benzene rings is 3. The molecule has 168 valence electrons. The summed E-state index contributed by atoms with van der Waals surface area (Å²) in [6.45, 7) is 5.24. The van der Waals surface area contributed by atoms with E-state index in [0.29, 0.717) is 10.7 Å². The van der Waals surface area contributed by atoms with E-state index in [1.54, 1.807) is 30.3 Å². The van der Waals surface area contributed by atoms with Crippen molar-refractivity contribution in [2.45, 2.75) is 25.7 Å². The van der Waals surface area contributed by atoms with Crippen LogP contribution in [0.5, 0.6) is 5.75 Å². The number of carbonyl (C=O) groups is 1. The number of amides is 1. The van der Waals surface area contributed by atoms with E-state index in [-0.39, 0.29) is 16.3 Å². The summed E-state index contributed by atoms with van der Waals surface area (Å²) in [4.78, 5) is 13.0. The maximum absolute atomic E-state index is 13.6. The van der Waals surface area contributed by atoms with Gasteiger partial charge in [-0.3, -0.25) is 9.10 Å². The van der Waals surface area contributed by atoms with Gasteiger partial charge < -0.3 is 10.1 Å². The third-order valence-corrected chi connectivity index (χ3v) is 7.19. The van der Waals surface area contributed by atoms with Gasteiger partial charge in [0.15, 0.2) is 0 Å². The van der Waals surface area contributed by atoms with Crippen LogP contribution < -0.4 is 14.4 Å². The molecule has 32 heavy (non-hydrogen) atoms. The smallest absolute Gasteiger partial charge is 0.264 e. The molecule has 8 heteroatoms. The van der Waals surface area contributed by atoms with Crippen LogP contribution in [0.25, 0.3) is 0 Å². The molecular formula is C24H25ClN2O4S. The summed E-state index contributed by atoms with van der Waals surface area (Å²) in [5.74, 6) is -0.207. The highest BCUT2D eigenvalue weighted by atomic mass is 35.5. The van der Waals surface area contributed by atoms with Crippen LogP contribution in [0, 0.1) is 20.8 Å². The fourth-order valence-corrected chi connectivity index (χ4v) is 4.79. The lowest BCUT2D eigenvalue weighted by Crippen LogP contribution is -2.38. The van der Waals surface area contributed by atoms with E-state index in [4.69, 9.17) is 16.3 Å². The van der Waals surface area contributed by atoms with Crippen molar-refractivity contribution in [3.05, 3.63) is 82.4 Å². The summed E-state index contributed by atoms with van der Waals surface area (Å²) in [5.41, 5.74) is 3.65. The third-order valence-electron chi connectivity index (χ3n) is 5.18. The molecule has 3 aromatic carbocycles. The molecule has 0 aliphatic heterocycles. The van der Waals surface area contributed by atoms with Crippen molar-refractivity contribution in [2.24, 2.45) is 0 Å². The molecule has 0 atom stereocenters. The molecule has 0 unspecified atom stereocenters. The number of nitrogens with one attached hydrogen (secondary N) is 1. The minimum Gasteiger partial charge on any atom is -0.495 e. The lowest BCUT2D eigenvalue weighted by atomic mass is 10.1. The lowest BCUT2D eigenvalue weighted by Gasteiger charge is -2.26. The molecule has 0 bridgehead atoms. The largest absolute Gasteiger partial charge is 0.495 e. The molecule has 3 aromatic rings. The first-order chi connectivity index (χ1) is 15.1. The molecule has 0 spiro atoms. The number of sulfonamides is 1. The van der Waals surface area contributed by atoms with Crippen LogP contribution in [-0.2, 0) is 14.8 Å². The molecule has 0 saturated carbocycles. The van der Waals surface area contributed by atoms with Gasteiger partial charge in [0.1, 0.15) is 12.3 Å². The molecule has 0 fully saturated rings. The third kappa shape index (κ3) is 5.06. The molecule has 0 saturated heterocycles. The molecule has 0 aliphatic carbocycles. The Balaban J connectivity index is 2.05. The minimum absolute atomic E-state index is 0.0599. The van der Waals surface area contributed by atoms with Gasteiger partial charge in [0.25, 0.3) is 10.0 Å². The Bertz CT molecular complexity index is 1240. The highest BCUT2D eigenvalue weighted by Gasteiger charge is 2.30. The highest BCUT2D eigenvalue weighted by molar-refractivity contribution is 7.92. The van der Waals surface area contributed by atoms with Crippen LogP contribution in [0.15, 0.2) is 65.6 Å². The Morgan fingerprint density at radius 3 is 2.38 bits per heavy atom. The fourth-order valence-electron chi connectivity index (χ4n) is 3.20. The van der Waals surface area contributed by atoms with E-state index in [0.717, 1.165) is 21.0 Å². The Morgan fingerprint density at radius 2 is 1.72 bits per heavy atom. The Labute approximate surface area is 193 Å². The first-order valence-electron chi connectivity index (χ1n) is 9.92. The molecule has 0 aliphatic rings. The number of aryl methyl sites for hydroxylation is 2. The number of carbonyl (C=O) groups excluding carboxylic acids is 1. The molecule has 3 rings (SSSR count). The number of hydrogen-bond acceptors (Lipinski definition) is 4. The summed E-state index contributed by atoms with van der Waals surface area (Å²) in [6, 6.07) is 16.6. The van der Waals surface area contributed by atoms with Crippen molar-refractivity contribution in [2.75, 3.05) is 23.3 Å². The number of methoxy groups -OCH3 is 1. The maximum atomic E-state index is 13.6. The van der Waals surface area contributed by atoms with Crippen LogP contribution in [0.1, 0.15) is 16.7 Å². The summed E-state index contributed by atoms with van der Waals surface area (Å²) in [7, 11) is -2.66. The van der Waals surface area contributed by atoms with Gasteiger partial charge in [0.05, 0.1) is 17.7 Å². The van der Waals surface area contributed by atoms with Gasteiger partial charge in [0, 0.05) is 10.7 Å². The zero-order valence-electron chi connectivity index (χ0n) is 18.3. The first kappa shape index (κ1) is 23.6. The van der Waals surface area contributed by atoms with Crippen LogP contribution in [0.4, 0.5) is 11.4 Å². The normalized spacial score (nSPS) is 11.2. The second-order valence-corrected chi connectivity index (χ2v) is 9.74. The van der Waals surface area contributed by atoms with Gasteiger partial charge in [-0.05, 0) is 68.3 Å². The molecule has 1 amide bonds. The lowest BCUT2D eigenvalue weighted by molar-refractivity contribution is -0.114. The van der Waals surface area contributed by atoms with E-state index < -0.39 is 22.5 Å². The monoisotopic (exact) mass is 472 g/mol. The van der Waals surface area contributed by atoms with Crippen molar-refractivity contribution in [1.82, 2.24) is 0 Å². The van der Waals surface area contributed by atoms with E-state index in [9.17, 15) is 13.2 Å². The van der Waals surface area contributed by atoms with Crippen molar-refractivity contribution in [1.29, 1.82) is 0 Å². The molecule has 6 nitrogen and oxygen atoms in total. The summed E-state index contributed by atoms with van der Waals surface area (Å²) in [5, 5.41) is 3.14. The topological polar surface area (TPSA) is 75.7 Å². The zero-order valence-corrected chi connectivity index (χ0v) is 19.9. The number of anilines is 2. The van der Waals surface area contributed by atoms with Gasteiger partial charge in [-0.15, -0.1) is 0 Å². The predicted octanol–water partition coefficient (Wildman–Crippen LogP) is 5.11. The van der Waals surface area contributed by atoms with Crippen molar-refractivity contribution in [3.63, 3.8) is 0 Å². The van der Waals surface area contributed by atoms with E-state index in [1.165, 1.54) is 25.3 Å². The maximum Gasteiger partial charge on any atom is 0.264 e. The number of halogens is 1. The Kier molecular flexibility index (Phi) is 7.11. The zero-order chi connectivity index (χ0) is 23.5. The second-order valence-electron chi connectivity index (χ2n) is 7.44. The quantitative estimate of drug-likeness (QED) is 0.518. The van der Waals surface area contributed by atoms with Crippen molar-refractivity contribution >= 4 is 38.9 Å². The Morgan fingerprint density at radius 1 is 1.03 bits per heavy atom. The van der Waals surface area contributed by atoms with Crippen LogP contribution >= 0.6 is 11.6 Å². The van der Waals surface area contributed by atoms with E-state index >= 15 is 0 Å². The number of hydrogen-bond donors (Lipinski definition) is 1. The van der Waals surface area contributed by atoms with Gasteiger partial charge in [0.2, 0.25) is 5.91 Å². The second kappa shape index (κ2) is 9.63. The van der Waals surface area contributed by atoms with Crippen LogP contribution in [-0.4, -0.2) is 28.0 Å². The standard InChI is InChI=1S/C24H25ClN2O4S/c1-16-8-11-20(12-9-16)32(29,30)27(22-14-19(25)10-13-23(22)31-4)15-24(28)26-21-7-5-6-17(2)18(21)3/h5-14H,15H2,1-4H3,(H,26,28). The average Bonchev–Trinajstić information content (AvgIpc) is 2.75. The van der Waals surface area contributed by atoms with E-state index in [2.05, 4.69) is 5.32 Å². The van der Waals surface area contributed by atoms with E-state index in [1.807, 2.05) is 32.9 Å². The molecule has 1 N–H and O–H groups in total. The average molecular weight is 473 g/mol. The van der Waals surface area contributed by atoms with Crippen LogP contribution in [0.2, 0.25) is 5.02 Å². The summed E-state index contributed by atoms with van der Waals surface area (Å²) in [6.07, 6.45) is 0. The number of rotatable bonds is 7. The molecular weight excluding hydrogens is 448 g/mol. The van der Waals surface area contributed by atoms with Gasteiger partial charge >= 0.3 is 0 Å². The number of ether oxygens (including phenoxy) is 1. The fraction of sp³-hybridized carbons (Fsp3) is 0.208. The highest BCUT2D eigenvalue weighted by Crippen LogP contribution is 2.35. The van der Waals surface area contributed by atoms with Crippen LogP contribution in [0.3, 0.4) is 0 Å². The molecule has 0 radical (unpaired) electrons. The minimum atomic E-state index is -4.09. The van der Waals surface area contributed by atoms with Gasteiger partial charge in [-0.25, -0.2) is 8.42 Å². The van der Waals surface area contributed by atoms with Crippen molar-refractivity contribution < 1.29 is 17.9 Å². The first-order valence-corrected chi connectivity index (χ1v) is 11.7. The molecule has 0 heterocycles. The number of nitrogens with zero attached hydrogens (tertiary/aromatic N) is 1. The molecule has 0 aromatic heterocycles. The summed E-state index contributed by atoms with van der Waals surface area (Å²) >= 11 is 6.16. The SMILES string of the molecule is COc1ccc(Cl)cc1N(CC(=O)Nc1cccc(C)c1C)S(=O)(=O)c1ccc(C)cc1. The summed E-state index contributed by atoms with van der Waals surface area (Å²) < 4.78 is 33.5.